The van der Waals surface area contributed by atoms with Crippen LogP contribution in [0.4, 0.5) is 0 Å². The van der Waals surface area contributed by atoms with Gasteiger partial charge in [0.2, 0.25) is 0 Å². The highest BCUT2D eigenvalue weighted by atomic mass is 16.5. The minimum atomic E-state index is -0.0149. The highest BCUT2D eigenvalue weighted by Crippen LogP contribution is 2.12. The number of nitriles is 1. The Hall–Kier alpha value is -2.06. The molecule has 1 heterocycles. The molecule has 0 saturated carbocycles. The van der Waals surface area contributed by atoms with E-state index in [9.17, 15) is 4.79 Å². The fraction of sp³-hybridized carbons (Fsp3) is 0.385. The summed E-state index contributed by atoms with van der Waals surface area (Å²) >= 11 is 0. The van der Waals surface area contributed by atoms with Crippen LogP contribution in [0.25, 0.3) is 0 Å². The Labute approximate surface area is 106 Å². The highest BCUT2D eigenvalue weighted by molar-refractivity contribution is 5.77. The number of benzene rings is 1. The molecule has 94 valence electrons. The molecule has 1 fully saturated rings. The molecule has 1 aliphatic heterocycles. The van der Waals surface area contributed by atoms with Crippen LogP contribution in [0.3, 0.4) is 0 Å². The number of rotatable bonds is 3. The van der Waals surface area contributed by atoms with Crippen molar-refractivity contribution in [3.63, 3.8) is 0 Å². The maximum absolute atomic E-state index is 11.8. The molecule has 1 aromatic rings. The van der Waals surface area contributed by atoms with Gasteiger partial charge in [-0.25, -0.2) is 0 Å². The van der Waals surface area contributed by atoms with Gasteiger partial charge in [0.25, 0.3) is 5.91 Å². The van der Waals surface area contributed by atoms with Gasteiger partial charge in [0.15, 0.2) is 6.61 Å². The van der Waals surface area contributed by atoms with Crippen LogP contribution in [0, 0.1) is 11.3 Å². The van der Waals surface area contributed by atoms with E-state index < -0.39 is 0 Å². The molecule has 5 nitrogen and oxygen atoms in total. The quantitative estimate of drug-likeness (QED) is 0.835. The van der Waals surface area contributed by atoms with E-state index in [0.717, 1.165) is 26.2 Å². The summed E-state index contributed by atoms with van der Waals surface area (Å²) in [5.74, 6) is 0.538. The van der Waals surface area contributed by atoms with E-state index in [1.807, 2.05) is 6.07 Å². The summed E-state index contributed by atoms with van der Waals surface area (Å²) in [6.45, 7) is 3.13. The van der Waals surface area contributed by atoms with Gasteiger partial charge in [0.1, 0.15) is 5.75 Å². The predicted molar refractivity (Wildman–Crippen MR) is 66.1 cm³/mol. The van der Waals surface area contributed by atoms with Gasteiger partial charge in [-0.2, -0.15) is 5.26 Å². The second-order valence-electron chi connectivity index (χ2n) is 4.06. The first-order valence-electron chi connectivity index (χ1n) is 5.91. The van der Waals surface area contributed by atoms with Crippen molar-refractivity contribution in [1.29, 1.82) is 5.26 Å². The number of nitrogens with zero attached hydrogens (tertiary/aromatic N) is 2. The average molecular weight is 245 g/mol. The number of ether oxygens (including phenoxy) is 1. The zero-order valence-electron chi connectivity index (χ0n) is 10.1. The van der Waals surface area contributed by atoms with Crippen molar-refractivity contribution in [3.05, 3.63) is 29.8 Å². The Morgan fingerprint density at radius 1 is 1.44 bits per heavy atom. The molecule has 1 amide bonds. The minimum absolute atomic E-state index is 0.0149. The van der Waals surface area contributed by atoms with Crippen molar-refractivity contribution in [1.82, 2.24) is 10.2 Å². The van der Waals surface area contributed by atoms with E-state index >= 15 is 0 Å². The first-order valence-corrected chi connectivity index (χ1v) is 5.91. The van der Waals surface area contributed by atoms with Gasteiger partial charge in [0.05, 0.1) is 11.6 Å². The fourth-order valence-electron chi connectivity index (χ4n) is 1.81. The summed E-state index contributed by atoms with van der Waals surface area (Å²) in [6, 6.07) is 8.85. The van der Waals surface area contributed by atoms with E-state index in [-0.39, 0.29) is 12.5 Å². The fourth-order valence-corrected chi connectivity index (χ4v) is 1.81. The Morgan fingerprint density at radius 3 is 2.94 bits per heavy atom. The van der Waals surface area contributed by atoms with Crippen LogP contribution in [0.1, 0.15) is 5.56 Å². The Morgan fingerprint density at radius 2 is 2.22 bits per heavy atom. The van der Waals surface area contributed by atoms with Crippen molar-refractivity contribution < 1.29 is 9.53 Å². The number of hydrogen-bond acceptors (Lipinski definition) is 4. The Balaban J connectivity index is 1.86. The Bertz CT molecular complexity index is 462. The third-order valence-electron chi connectivity index (χ3n) is 2.80. The van der Waals surface area contributed by atoms with Crippen molar-refractivity contribution in [2.24, 2.45) is 0 Å². The number of carbonyl (C=O) groups is 1. The average Bonchev–Trinajstić information content (AvgIpc) is 2.46. The lowest BCUT2D eigenvalue weighted by molar-refractivity contribution is -0.133. The molecule has 18 heavy (non-hydrogen) atoms. The molecule has 0 spiro atoms. The topological polar surface area (TPSA) is 65.4 Å². The first-order chi connectivity index (χ1) is 8.79. The van der Waals surface area contributed by atoms with Gasteiger partial charge in [-0.1, -0.05) is 6.07 Å². The maximum atomic E-state index is 11.8. The molecule has 0 aromatic heterocycles. The highest BCUT2D eigenvalue weighted by Gasteiger charge is 2.16. The second-order valence-corrected chi connectivity index (χ2v) is 4.06. The Kier molecular flexibility index (Phi) is 4.15. The molecule has 1 N–H and O–H groups in total. The molecule has 0 aliphatic carbocycles. The summed E-state index contributed by atoms with van der Waals surface area (Å²) in [7, 11) is 0. The van der Waals surface area contributed by atoms with Crippen molar-refractivity contribution in [2.45, 2.75) is 0 Å². The molecule has 0 radical (unpaired) electrons. The van der Waals surface area contributed by atoms with E-state index in [4.69, 9.17) is 10.00 Å². The number of hydrogen-bond donors (Lipinski definition) is 1. The van der Waals surface area contributed by atoms with Gasteiger partial charge in [0, 0.05) is 26.2 Å². The molecule has 0 bridgehead atoms. The zero-order valence-corrected chi connectivity index (χ0v) is 10.1. The molecular formula is C13H15N3O2. The lowest BCUT2D eigenvalue weighted by Crippen LogP contribution is -2.47. The van der Waals surface area contributed by atoms with Crippen LogP contribution in [0.5, 0.6) is 5.75 Å². The second kappa shape index (κ2) is 6.03. The van der Waals surface area contributed by atoms with Crippen LogP contribution < -0.4 is 10.1 Å². The molecule has 0 atom stereocenters. The van der Waals surface area contributed by atoms with E-state index in [0.29, 0.717) is 11.3 Å². The summed E-state index contributed by atoms with van der Waals surface area (Å²) in [5.41, 5.74) is 0.530. The molecule has 1 aliphatic rings. The maximum Gasteiger partial charge on any atom is 0.260 e. The first kappa shape index (κ1) is 12.4. The van der Waals surface area contributed by atoms with Crippen LogP contribution in [0.2, 0.25) is 0 Å². The molecule has 5 heteroatoms. The molecule has 1 saturated heterocycles. The molecule has 1 aromatic carbocycles. The summed E-state index contributed by atoms with van der Waals surface area (Å²) < 4.78 is 5.40. The lowest BCUT2D eigenvalue weighted by Gasteiger charge is -2.27. The standard InChI is InChI=1S/C13H15N3O2/c14-9-11-2-1-3-12(8-11)18-10-13(17)16-6-4-15-5-7-16/h1-3,8,15H,4-7,10H2. The van der Waals surface area contributed by atoms with E-state index in [2.05, 4.69) is 5.32 Å². The molecule has 0 unspecified atom stereocenters. The van der Waals surface area contributed by atoms with E-state index in [1.54, 1.807) is 29.2 Å². The molecule has 2 rings (SSSR count). The number of carbonyl (C=O) groups excluding carboxylic acids is 1. The third kappa shape index (κ3) is 3.22. The van der Waals surface area contributed by atoms with Gasteiger partial charge < -0.3 is 15.0 Å². The summed E-state index contributed by atoms with van der Waals surface area (Å²) in [5, 5.41) is 11.9. The van der Waals surface area contributed by atoms with Crippen LogP contribution in [0.15, 0.2) is 24.3 Å². The van der Waals surface area contributed by atoms with Crippen LogP contribution in [-0.4, -0.2) is 43.6 Å². The number of amides is 1. The van der Waals surface area contributed by atoms with Gasteiger partial charge >= 0.3 is 0 Å². The monoisotopic (exact) mass is 245 g/mol. The van der Waals surface area contributed by atoms with Crippen LogP contribution in [-0.2, 0) is 4.79 Å². The smallest absolute Gasteiger partial charge is 0.260 e. The third-order valence-corrected chi connectivity index (χ3v) is 2.80. The normalized spacial score (nSPS) is 14.9. The minimum Gasteiger partial charge on any atom is -0.484 e. The lowest BCUT2D eigenvalue weighted by atomic mass is 10.2. The zero-order chi connectivity index (χ0) is 12.8. The predicted octanol–water partition coefficient (Wildman–Crippen LogP) is 0.369. The van der Waals surface area contributed by atoms with Crippen LogP contribution >= 0.6 is 0 Å². The summed E-state index contributed by atoms with van der Waals surface area (Å²) in [6.07, 6.45) is 0. The van der Waals surface area contributed by atoms with Gasteiger partial charge in [-0.3, -0.25) is 4.79 Å². The molecular weight excluding hydrogens is 230 g/mol. The number of nitrogens with one attached hydrogen (secondary N) is 1. The van der Waals surface area contributed by atoms with Crippen molar-refractivity contribution in [2.75, 3.05) is 32.8 Å². The van der Waals surface area contributed by atoms with E-state index in [1.165, 1.54) is 0 Å². The number of piperazine rings is 1. The van der Waals surface area contributed by atoms with Gasteiger partial charge in [-0.05, 0) is 18.2 Å². The van der Waals surface area contributed by atoms with Crippen molar-refractivity contribution in [3.8, 4) is 11.8 Å². The largest absolute Gasteiger partial charge is 0.484 e. The SMILES string of the molecule is N#Cc1cccc(OCC(=O)N2CCNCC2)c1. The summed E-state index contributed by atoms with van der Waals surface area (Å²) in [4.78, 5) is 13.6. The van der Waals surface area contributed by atoms with Gasteiger partial charge in [-0.15, -0.1) is 0 Å². The van der Waals surface area contributed by atoms with Crippen molar-refractivity contribution >= 4 is 5.91 Å².